The van der Waals surface area contributed by atoms with Crippen molar-refractivity contribution < 1.29 is 28.2 Å². The minimum atomic E-state index is -4.59. The molecule has 2 atom stereocenters. The van der Waals surface area contributed by atoms with E-state index in [4.69, 9.17) is 11.6 Å². The highest BCUT2D eigenvalue weighted by Gasteiger charge is 2.32. The number of pyridine rings is 1. The summed E-state index contributed by atoms with van der Waals surface area (Å²) in [6, 6.07) is 0.643. The fourth-order valence-corrected chi connectivity index (χ4v) is 2.41. The van der Waals surface area contributed by atoms with Gasteiger partial charge in [0.1, 0.15) is 6.10 Å². The molecule has 1 aromatic rings. The van der Waals surface area contributed by atoms with Crippen LogP contribution in [0, 0.1) is 0 Å². The Morgan fingerprint density at radius 2 is 2.10 bits per heavy atom. The second-order valence-corrected chi connectivity index (χ2v) is 5.91. The molecular formula is C12H13ClF3NO3S. The van der Waals surface area contributed by atoms with Gasteiger partial charge < -0.3 is 10.2 Å². The number of rotatable bonds is 5. The molecule has 0 fully saturated rings. The van der Waals surface area contributed by atoms with Gasteiger partial charge in [-0.2, -0.15) is 13.2 Å². The van der Waals surface area contributed by atoms with Gasteiger partial charge in [-0.25, -0.2) is 0 Å². The largest absolute Gasteiger partial charge is 0.417 e. The van der Waals surface area contributed by atoms with Crippen molar-refractivity contribution in [3.63, 3.8) is 0 Å². The van der Waals surface area contributed by atoms with Gasteiger partial charge in [0.15, 0.2) is 5.12 Å². The fourth-order valence-electron chi connectivity index (χ4n) is 1.48. The Balaban J connectivity index is 2.78. The normalized spacial score (nSPS) is 14.8. The SMILES string of the molecule is CC(=O)SCCC(O)C(O)c1ncc(C(F)(F)F)cc1Cl. The minimum Gasteiger partial charge on any atom is -0.390 e. The summed E-state index contributed by atoms with van der Waals surface area (Å²) >= 11 is 6.64. The van der Waals surface area contributed by atoms with Crippen molar-refractivity contribution in [1.82, 2.24) is 4.98 Å². The predicted molar refractivity (Wildman–Crippen MR) is 73.0 cm³/mol. The summed E-state index contributed by atoms with van der Waals surface area (Å²) in [7, 11) is 0. The molecule has 0 spiro atoms. The lowest BCUT2D eigenvalue weighted by Gasteiger charge is -2.18. The van der Waals surface area contributed by atoms with Crippen LogP contribution in [0.1, 0.15) is 30.7 Å². The summed E-state index contributed by atoms with van der Waals surface area (Å²) in [6.07, 6.45) is -6.77. The minimum absolute atomic E-state index is 0.0739. The molecule has 0 aliphatic heterocycles. The summed E-state index contributed by atoms with van der Waals surface area (Å²) in [5.41, 5.74) is -1.27. The van der Waals surface area contributed by atoms with E-state index in [9.17, 15) is 28.2 Å². The van der Waals surface area contributed by atoms with Crippen LogP contribution >= 0.6 is 23.4 Å². The highest BCUT2D eigenvalue weighted by molar-refractivity contribution is 8.13. The smallest absolute Gasteiger partial charge is 0.390 e. The van der Waals surface area contributed by atoms with Gasteiger partial charge in [0, 0.05) is 18.9 Å². The summed E-state index contributed by atoms with van der Waals surface area (Å²) in [4.78, 5) is 14.2. The van der Waals surface area contributed by atoms with Crippen molar-refractivity contribution >= 4 is 28.5 Å². The lowest BCUT2D eigenvalue weighted by Crippen LogP contribution is -2.21. The van der Waals surface area contributed by atoms with Crippen LogP contribution in [0.5, 0.6) is 0 Å². The predicted octanol–water partition coefficient (Wildman–Crippen LogP) is 2.82. The van der Waals surface area contributed by atoms with E-state index < -0.39 is 23.9 Å². The fraction of sp³-hybridized carbons (Fsp3) is 0.500. The molecule has 0 radical (unpaired) electrons. The zero-order chi connectivity index (χ0) is 16.2. The maximum atomic E-state index is 12.5. The summed E-state index contributed by atoms with van der Waals surface area (Å²) in [5, 5.41) is 19.1. The van der Waals surface area contributed by atoms with E-state index in [0.717, 1.165) is 11.8 Å². The van der Waals surface area contributed by atoms with E-state index in [1.165, 1.54) is 6.92 Å². The first kappa shape index (κ1) is 18.2. The van der Waals surface area contributed by atoms with E-state index in [1.54, 1.807) is 0 Å². The van der Waals surface area contributed by atoms with Gasteiger partial charge in [-0.05, 0) is 12.5 Å². The van der Waals surface area contributed by atoms with E-state index in [0.29, 0.717) is 12.3 Å². The van der Waals surface area contributed by atoms with Crippen LogP contribution in [0.3, 0.4) is 0 Å². The number of aliphatic hydroxyl groups excluding tert-OH is 2. The third kappa shape index (κ3) is 5.46. The molecule has 0 saturated carbocycles. The molecule has 118 valence electrons. The molecule has 1 aromatic heterocycles. The Morgan fingerprint density at radius 3 is 2.57 bits per heavy atom. The first-order valence-corrected chi connectivity index (χ1v) is 7.21. The number of halogens is 4. The van der Waals surface area contributed by atoms with E-state index in [1.807, 2.05) is 0 Å². The molecule has 0 saturated heterocycles. The van der Waals surface area contributed by atoms with Crippen LogP contribution in [0.2, 0.25) is 5.02 Å². The zero-order valence-corrected chi connectivity index (χ0v) is 12.5. The van der Waals surface area contributed by atoms with Crippen molar-refractivity contribution in [2.75, 3.05) is 5.75 Å². The summed E-state index contributed by atoms with van der Waals surface area (Å²) in [5.74, 6) is 0.270. The van der Waals surface area contributed by atoms with Gasteiger partial charge in [0.05, 0.1) is 22.4 Å². The maximum absolute atomic E-state index is 12.5. The van der Waals surface area contributed by atoms with E-state index in [-0.39, 0.29) is 28.0 Å². The number of carbonyl (C=O) groups excluding carboxylic acids is 1. The average Bonchev–Trinajstić information content (AvgIpc) is 2.36. The Hall–Kier alpha value is -0.830. The third-order valence-electron chi connectivity index (χ3n) is 2.56. The molecular weight excluding hydrogens is 331 g/mol. The third-order valence-corrected chi connectivity index (χ3v) is 3.71. The van der Waals surface area contributed by atoms with Crippen molar-refractivity contribution in [2.45, 2.75) is 31.7 Å². The molecule has 21 heavy (non-hydrogen) atoms. The quantitative estimate of drug-likeness (QED) is 0.860. The van der Waals surface area contributed by atoms with Gasteiger partial charge in [0.2, 0.25) is 0 Å². The van der Waals surface area contributed by atoms with Gasteiger partial charge in [-0.1, -0.05) is 23.4 Å². The standard InChI is InChI=1S/C12H13ClF3NO3S/c1-6(18)21-3-2-9(19)11(20)10-8(13)4-7(5-17-10)12(14,15)16/h4-5,9,11,19-20H,2-3H2,1H3. The Bertz CT molecular complexity index is 513. The second kappa shape index (κ2) is 7.44. The van der Waals surface area contributed by atoms with Gasteiger partial charge in [-0.15, -0.1) is 0 Å². The molecule has 0 amide bonds. The number of carbonyl (C=O) groups is 1. The molecule has 2 N–H and O–H groups in total. The van der Waals surface area contributed by atoms with Crippen molar-refractivity contribution in [1.29, 1.82) is 0 Å². The Morgan fingerprint density at radius 1 is 1.48 bits per heavy atom. The number of thioether (sulfide) groups is 1. The highest BCUT2D eigenvalue weighted by atomic mass is 35.5. The molecule has 0 aliphatic carbocycles. The van der Waals surface area contributed by atoms with Crippen LogP contribution in [-0.2, 0) is 11.0 Å². The first-order valence-electron chi connectivity index (χ1n) is 5.85. The molecule has 1 heterocycles. The summed E-state index contributed by atoms with van der Waals surface area (Å²) < 4.78 is 37.4. The number of aromatic nitrogens is 1. The van der Waals surface area contributed by atoms with Gasteiger partial charge >= 0.3 is 6.18 Å². The lowest BCUT2D eigenvalue weighted by molar-refractivity contribution is -0.137. The van der Waals surface area contributed by atoms with Gasteiger partial charge in [-0.3, -0.25) is 9.78 Å². The van der Waals surface area contributed by atoms with Crippen LogP contribution in [0.15, 0.2) is 12.3 Å². The van der Waals surface area contributed by atoms with Crippen LogP contribution in [0.4, 0.5) is 13.2 Å². The molecule has 4 nitrogen and oxygen atoms in total. The van der Waals surface area contributed by atoms with Crippen molar-refractivity contribution in [3.8, 4) is 0 Å². The number of alkyl halides is 3. The zero-order valence-electron chi connectivity index (χ0n) is 10.9. The molecule has 0 aliphatic rings. The Labute approximate surface area is 128 Å². The highest BCUT2D eigenvalue weighted by Crippen LogP contribution is 2.33. The maximum Gasteiger partial charge on any atom is 0.417 e. The van der Waals surface area contributed by atoms with Gasteiger partial charge in [0.25, 0.3) is 0 Å². The van der Waals surface area contributed by atoms with E-state index >= 15 is 0 Å². The van der Waals surface area contributed by atoms with E-state index in [2.05, 4.69) is 4.98 Å². The average molecular weight is 344 g/mol. The van der Waals surface area contributed by atoms with Crippen molar-refractivity contribution in [3.05, 3.63) is 28.5 Å². The van der Waals surface area contributed by atoms with Crippen LogP contribution in [-0.4, -0.2) is 32.2 Å². The summed E-state index contributed by atoms with van der Waals surface area (Å²) in [6.45, 7) is 1.36. The molecule has 2 unspecified atom stereocenters. The van der Waals surface area contributed by atoms with Crippen LogP contribution in [0.25, 0.3) is 0 Å². The molecule has 0 bridgehead atoms. The second-order valence-electron chi connectivity index (χ2n) is 4.23. The first-order chi connectivity index (χ1) is 9.62. The Kier molecular flexibility index (Phi) is 6.45. The van der Waals surface area contributed by atoms with Crippen LogP contribution < -0.4 is 0 Å². The molecule has 0 aromatic carbocycles. The molecule has 9 heteroatoms. The molecule has 1 rings (SSSR count). The number of aliphatic hydroxyl groups is 2. The topological polar surface area (TPSA) is 70.4 Å². The number of hydrogen-bond acceptors (Lipinski definition) is 5. The number of nitrogens with zero attached hydrogens (tertiary/aromatic N) is 1. The monoisotopic (exact) mass is 343 g/mol. The van der Waals surface area contributed by atoms with Crippen molar-refractivity contribution in [2.24, 2.45) is 0 Å². The number of hydrogen-bond donors (Lipinski definition) is 2. The lowest BCUT2D eigenvalue weighted by atomic mass is 10.1.